The Labute approximate surface area is 176 Å². The molecule has 0 saturated carbocycles. The third-order valence-electron chi connectivity index (χ3n) is 5.36. The van der Waals surface area contributed by atoms with Crippen LogP contribution in [0.4, 0.5) is 0 Å². The molecule has 8 heteroatoms. The lowest BCUT2D eigenvalue weighted by molar-refractivity contribution is -0.127. The zero-order valence-electron chi connectivity index (χ0n) is 17.6. The maximum Gasteiger partial charge on any atom is 0.243 e. The number of pyridine rings is 1. The van der Waals surface area contributed by atoms with Crippen LogP contribution in [0.5, 0.6) is 0 Å². The molecular weight excluding hydrogens is 378 g/mol. The van der Waals surface area contributed by atoms with E-state index in [2.05, 4.69) is 48.6 Å². The molecule has 0 fully saturated rings. The summed E-state index contributed by atoms with van der Waals surface area (Å²) in [6, 6.07) is 3.77. The van der Waals surface area contributed by atoms with Gasteiger partial charge in [0.15, 0.2) is 0 Å². The molecule has 1 amide bonds. The van der Waals surface area contributed by atoms with Crippen LogP contribution in [0.15, 0.2) is 43.2 Å². The highest BCUT2D eigenvalue weighted by Gasteiger charge is 2.37. The Kier molecular flexibility index (Phi) is 5.85. The summed E-state index contributed by atoms with van der Waals surface area (Å²) in [5, 5.41) is 3.06. The summed E-state index contributed by atoms with van der Waals surface area (Å²) in [6.07, 6.45) is 9.71. The van der Waals surface area contributed by atoms with Crippen molar-refractivity contribution < 1.29 is 4.79 Å². The molecule has 0 radical (unpaired) electrons. The quantitative estimate of drug-likeness (QED) is 0.677. The maximum absolute atomic E-state index is 13.4. The predicted octanol–water partition coefficient (Wildman–Crippen LogP) is 2.37. The zero-order valence-corrected chi connectivity index (χ0v) is 17.6. The van der Waals surface area contributed by atoms with Gasteiger partial charge in [-0.1, -0.05) is 6.07 Å². The number of fused-ring (bicyclic) bond motifs is 1. The van der Waals surface area contributed by atoms with Crippen LogP contribution >= 0.6 is 0 Å². The Morgan fingerprint density at radius 3 is 2.80 bits per heavy atom. The fourth-order valence-electron chi connectivity index (χ4n) is 3.84. The highest BCUT2D eigenvalue weighted by Crippen LogP contribution is 2.32. The van der Waals surface area contributed by atoms with E-state index in [-0.39, 0.29) is 11.9 Å². The van der Waals surface area contributed by atoms with Crippen molar-refractivity contribution in [1.29, 1.82) is 0 Å². The van der Waals surface area contributed by atoms with Crippen LogP contribution < -0.4 is 5.32 Å². The van der Waals surface area contributed by atoms with Gasteiger partial charge < -0.3 is 9.88 Å². The molecule has 1 aliphatic heterocycles. The fraction of sp³-hybridized carbons (Fsp3) is 0.409. The summed E-state index contributed by atoms with van der Waals surface area (Å²) in [4.78, 5) is 33.1. The van der Waals surface area contributed by atoms with Crippen molar-refractivity contribution in [3.05, 3.63) is 71.6 Å². The molecule has 1 atom stereocenters. The van der Waals surface area contributed by atoms with E-state index in [1.54, 1.807) is 18.6 Å². The zero-order chi connectivity index (χ0) is 21.1. The minimum Gasteiger partial charge on any atom is -0.349 e. The van der Waals surface area contributed by atoms with Gasteiger partial charge in [-0.3, -0.25) is 24.6 Å². The number of nitrogens with zero attached hydrogens (tertiary/aromatic N) is 6. The van der Waals surface area contributed by atoms with Gasteiger partial charge in [0, 0.05) is 44.1 Å². The van der Waals surface area contributed by atoms with Crippen LogP contribution in [0.25, 0.3) is 0 Å². The molecule has 3 aromatic rings. The summed E-state index contributed by atoms with van der Waals surface area (Å²) >= 11 is 0. The van der Waals surface area contributed by atoms with Crippen molar-refractivity contribution in [2.45, 2.75) is 52.4 Å². The number of aryl methyl sites for hydroxylation is 1. The van der Waals surface area contributed by atoms with Gasteiger partial charge in [-0.15, -0.1) is 0 Å². The molecule has 1 aliphatic rings. The van der Waals surface area contributed by atoms with Crippen molar-refractivity contribution >= 4 is 5.91 Å². The molecule has 0 aromatic carbocycles. The van der Waals surface area contributed by atoms with Gasteiger partial charge in [0.25, 0.3) is 0 Å². The number of amides is 1. The number of carbonyl (C=O) groups excluding carboxylic acids is 1. The molecule has 30 heavy (non-hydrogen) atoms. The normalized spacial score (nSPS) is 16.5. The molecule has 4 rings (SSSR count). The highest BCUT2D eigenvalue weighted by atomic mass is 16.2. The number of carbonyl (C=O) groups is 1. The molecule has 0 spiro atoms. The summed E-state index contributed by atoms with van der Waals surface area (Å²) in [7, 11) is 0. The first kappa shape index (κ1) is 20.2. The lowest BCUT2D eigenvalue weighted by Gasteiger charge is -2.35. The smallest absolute Gasteiger partial charge is 0.243 e. The number of nitrogens with one attached hydrogen (secondary N) is 1. The van der Waals surface area contributed by atoms with Crippen LogP contribution in [-0.2, 0) is 24.3 Å². The minimum atomic E-state index is -0.419. The first-order valence-electron chi connectivity index (χ1n) is 10.3. The summed E-state index contributed by atoms with van der Waals surface area (Å²) in [5.74, 6) is -0.0513. The van der Waals surface area contributed by atoms with Crippen LogP contribution in [0.2, 0.25) is 0 Å². The SMILES string of the molecule is Cc1cnc(CNC(=O)C2c3c(ncn3C(C)C)CCN2Cc2cccnc2)cn1. The van der Waals surface area contributed by atoms with Crippen molar-refractivity contribution in [2.75, 3.05) is 6.54 Å². The van der Waals surface area contributed by atoms with Crippen LogP contribution in [0.1, 0.15) is 54.3 Å². The second-order valence-electron chi connectivity index (χ2n) is 7.93. The third-order valence-corrected chi connectivity index (χ3v) is 5.36. The Morgan fingerprint density at radius 1 is 1.23 bits per heavy atom. The largest absolute Gasteiger partial charge is 0.349 e. The van der Waals surface area contributed by atoms with Gasteiger partial charge in [0.1, 0.15) is 6.04 Å². The molecule has 0 aliphatic carbocycles. The van der Waals surface area contributed by atoms with E-state index in [9.17, 15) is 4.79 Å². The number of hydrogen-bond donors (Lipinski definition) is 1. The third kappa shape index (κ3) is 4.23. The average Bonchev–Trinajstić information content (AvgIpc) is 3.18. The molecule has 8 nitrogen and oxygen atoms in total. The Hall–Kier alpha value is -3.13. The number of hydrogen-bond acceptors (Lipinski definition) is 6. The van der Waals surface area contributed by atoms with Crippen LogP contribution in [0.3, 0.4) is 0 Å². The molecule has 4 heterocycles. The van der Waals surface area contributed by atoms with Crippen LogP contribution in [0, 0.1) is 6.92 Å². The highest BCUT2D eigenvalue weighted by molar-refractivity contribution is 5.83. The van der Waals surface area contributed by atoms with Crippen LogP contribution in [-0.4, -0.2) is 41.9 Å². The minimum absolute atomic E-state index is 0.0513. The van der Waals surface area contributed by atoms with Gasteiger partial charge in [0.2, 0.25) is 5.91 Å². The number of aromatic nitrogens is 5. The Balaban J connectivity index is 1.61. The average molecular weight is 406 g/mol. The van der Waals surface area contributed by atoms with Gasteiger partial charge in [-0.2, -0.15) is 0 Å². The van der Waals surface area contributed by atoms with E-state index >= 15 is 0 Å². The first-order valence-corrected chi connectivity index (χ1v) is 10.3. The molecule has 0 saturated heterocycles. The molecule has 3 aromatic heterocycles. The lowest BCUT2D eigenvalue weighted by atomic mass is 10.00. The molecule has 156 valence electrons. The molecule has 1 N–H and O–H groups in total. The van der Waals surface area contributed by atoms with Crippen molar-refractivity contribution in [1.82, 2.24) is 34.7 Å². The summed E-state index contributed by atoms with van der Waals surface area (Å²) < 4.78 is 2.11. The molecule has 1 unspecified atom stereocenters. The van der Waals surface area contributed by atoms with E-state index in [0.29, 0.717) is 13.1 Å². The maximum atomic E-state index is 13.4. The van der Waals surface area contributed by atoms with E-state index in [1.165, 1.54) is 0 Å². The van der Waals surface area contributed by atoms with E-state index in [0.717, 1.165) is 41.3 Å². The monoisotopic (exact) mass is 405 g/mol. The topological polar surface area (TPSA) is 88.8 Å². The van der Waals surface area contributed by atoms with Gasteiger partial charge >= 0.3 is 0 Å². The second-order valence-corrected chi connectivity index (χ2v) is 7.93. The molecule has 0 bridgehead atoms. The van der Waals surface area contributed by atoms with Gasteiger partial charge in [-0.25, -0.2) is 4.98 Å². The van der Waals surface area contributed by atoms with E-state index < -0.39 is 6.04 Å². The first-order chi connectivity index (χ1) is 14.5. The van der Waals surface area contributed by atoms with Gasteiger partial charge in [-0.05, 0) is 32.4 Å². The van der Waals surface area contributed by atoms with Gasteiger partial charge in [0.05, 0.1) is 41.8 Å². The molecular formula is C22H27N7O. The van der Waals surface area contributed by atoms with Crippen molar-refractivity contribution in [3.8, 4) is 0 Å². The Morgan fingerprint density at radius 2 is 2.10 bits per heavy atom. The van der Waals surface area contributed by atoms with E-state index in [4.69, 9.17) is 0 Å². The Bertz CT molecular complexity index is 998. The fourth-order valence-corrected chi connectivity index (χ4v) is 3.84. The standard InChI is InChI=1S/C22H27N7O/c1-15(2)29-14-27-19-6-8-28(13-17-5-4-7-23-10-17)21(20(19)29)22(30)26-12-18-11-24-16(3)9-25-18/h4-5,7,9-11,14-15,21H,6,8,12-13H2,1-3H3,(H,26,30). The second kappa shape index (κ2) is 8.71. The van der Waals surface area contributed by atoms with Crippen molar-refractivity contribution in [3.63, 3.8) is 0 Å². The van der Waals surface area contributed by atoms with E-state index in [1.807, 2.05) is 31.6 Å². The lowest BCUT2D eigenvalue weighted by Crippen LogP contribution is -2.45. The summed E-state index contributed by atoms with van der Waals surface area (Å²) in [5.41, 5.74) is 4.65. The van der Waals surface area contributed by atoms with Crippen molar-refractivity contribution in [2.24, 2.45) is 0 Å². The summed E-state index contributed by atoms with van der Waals surface area (Å²) in [6.45, 7) is 7.87. The number of rotatable bonds is 6. The number of imidazole rings is 1. The predicted molar refractivity (Wildman–Crippen MR) is 112 cm³/mol.